The minimum atomic E-state index is -1.92. The maximum Gasteiger partial charge on any atom is 0.254 e. The second-order valence-corrected chi connectivity index (χ2v) is 12.7. The first-order valence-electron chi connectivity index (χ1n) is 8.81. The van der Waals surface area contributed by atoms with Crippen molar-refractivity contribution in [3.8, 4) is 0 Å². The molecule has 7 heteroatoms. The second-order valence-electron chi connectivity index (χ2n) is 7.89. The van der Waals surface area contributed by atoms with Crippen LogP contribution in [0.15, 0.2) is 30.3 Å². The van der Waals surface area contributed by atoms with E-state index in [1.54, 1.807) is 12.1 Å². The monoisotopic (exact) mass is 380 g/mol. The summed E-state index contributed by atoms with van der Waals surface area (Å²) in [6.45, 7) is 11.1. The molecule has 0 radical (unpaired) electrons. The van der Waals surface area contributed by atoms with Crippen molar-refractivity contribution >= 4 is 20.1 Å². The molecule has 0 saturated heterocycles. The molecule has 1 aromatic rings. The van der Waals surface area contributed by atoms with Gasteiger partial charge in [0.25, 0.3) is 5.91 Å². The Morgan fingerprint density at radius 2 is 1.77 bits per heavy atom. The number of nitrogens with two attached hydrogens (primary N) is 1. The molecular formula is C19H32N2O4Si. The quantitative estimate of drug-likeness (QED) is 0.645. The topological polar surface area (TPSA) is 90.7 Å². The van der Waals surface area contributed by atoms with Crippen LogP contribution in [0.4, 0.5) is 0 Å². The zero-order chi connectivity index (χ0) is 20.0. The Morgan fingerprint density at radius 3 is 2.23 bits per heavy atom. The molecule has 0 aliphatic rings. The number of ether oxygens (including phenoxy) is 1. The normalized spacial score (nSPS) is 14.5. The average molecular weight is 381 g/mol. The van der Waals surface area contributed by atoms with E-state index in [1.807, 2.05) is 18.2 Å². The first kappa shape index (κ1) is 22.3. The lowest BCUT2D eigenvalue weighted by molar-refractivity contribution is -0.135. The lowest BCUT2D eigenvalue weighted by Gasteiger charge is -2.36. The van der Waals surface area contributed by atoms with Crippen LogP contribution in [0, 0.1) is 0 Å². The number of hydrogen-bond acceptors (Lipinski definition) is 4. The maximum atomic E-state index is 12.5. The molecule has 146 valence electrons. The van der Waals surface area contributed by atoms with Crippen molar-refractivity contribution in [1.29, 1.82) is 0 Å². The highest BCUT2D eigenvalue weighted by Gasteiger charge is 2.37. The van der Waals surface area contributed by atoms with Crippen LogP contribution in [0.2, 0.25) is 18.1 Å². The summed E-state index contributed by atoms with van der Waals surface area (Å²) in [4.78, 5) is 24.3. The SMILES string of the molecule is CO[C@@H](C(=O)N[C@@H](CCO[Si](C)(C)C(C)(C)C)C(N)=O)c1ccccc1. The summed E-state index contributed by atoms with van der Waals surface area (Å²) in [5, 5.41) is 2.76. The summed E-state index contributed by atoms with van der Waals surface area (Å²) >= 11 is 0. The molecule has 0 aliphatic heterocycles. The number of carbonyl (C=O) groups excluding carboxylic acids is 2. The lowest BCUT2D eigenvalue weighted by Crippen LogP contribution is -2.48. The van der Waals surface area contributed by atoms with E-state index < -0.39 is 32.3 Å². The van der Waals surface area contributed by atoms with Crippen LogP contribution in [0.1, 0.15) is 38.9 Å². The molecule has 1 aromatic carbocycles. The summed E-state index contributed by atoms with van der Waals surface area (Å²) in [6, 6.07) is 8.31. The first-order chi connectivity index (χ1) is 12.0. The summed E-state index contributed by atoms with van der Waals surface area (Å²) < 4.78 is 11.4. The summed E-state index contributed by atoms with van der Waals surface area (Å²) in [5.41, 5.74) is 6.18. The molecule has 0 aliphatic carbocycles. The van der Waals surface area contributed by atoms with Gasteiger partial charge in [0.15, 0.2) is 14.4 Å². The van der Waals surface area contributed by atoms with Crippen molar-refractivity contribution in [3.63, 3.8) is 0 Å². The van der Waals surface area contributed by atoms with Gasteiger partial charge in [-0.1, -0.05) is 51.1 Å². The molecule has 0 saturated carbocycles. The van der Waals surface area contributed by atoms with Gasteiger partial charge in [-0.05, 0) is 30.1 Å². The van der Waals surface area contributed by atoms with Crippen molar-refractivity contribution in [3.05, 3.63) is 35.9 Å². The van der Waals surface area contributed by atoms with E-state index in [2.05, 4.69) is 39.2 Å². The van der Waals surface area contributed by atoms with Crippen LogP contribution in [0.3, 0.4) is 0 Å². The summed E-state index contributed by atoms with van der Waals surface area (Å²) in [5.74, 6) is -0.977. The Bertz CT molecular complexity index is 599. The highest BCUT2D eigenvalue weighted by atomic mass is 28.4. The van der Waals surface area contributed by atoms with E-state index in [4.69, 9.17) is 14.9 Å². The third-order valence-electron chi connectivity index (χ3n) is 4.91. The number of methoxy groups -OCH3 is 1. The van der Waals surface area contributed by atoms with E-state index in [0.29, 0.717) is 18.6 Å². The van der Waals surface area contributed by atoms with E-state index in [-0.39, 0.29) is 5.04 Å². The van der Waals surface area contributed by atoms with Gasteiger partial charge in [0.05, 0.1) is 0 Å². The average Bonchev–Trinajstić information content (AvgIpc) is 2.54. The Balaban J connectivity index is 2.70. The number of carbonyl (C=O) groups is 2. The number of hydrogen-bond donors (Lipinski definition) is 2. The standard InChI is InChI=1S/C19H32N2O4Si/c1-19(2,3)26(5,6)25-13-12-15(17(20)22)21-18(23)16(24-4)14-10-8-7-9-11-14/h7-11,15-16H,12-13H2,1-6H3,(H2,20,22)(H,21,23)/t15-,16+/m0/s1. The number of rotatable bonds is 9. The molecule has 6 nitrogen and oxygen atoms in total. The van der Waals surface area contributed by atoms with E-state index in [9.17, 15) is 9.59 Å². The van der Waals surface area contributed by atoms with Crippen LogP contribution >= 0.6 is 0 Å². The van der Waals surface area contributed by atoms with Gasteiger partial charge in [-0.25, -0.2) is 0 Å². The smallest absolute Gasteiger partial charge is 0.254 e. The Hall–Kier alpha value is -1.70. The van der Waals surface area contributed by atoms with Gasteiger partial charge in [-0.15, -0.1) is 0 Å². The Labute approximate surface area is 157 Å². The highest BCUT2D eigenvalue weighted by molar-refractivity contribution is 6.74. The molecule has 2 atom stereocenters. The van der Waals surface area contributed by atoms with Gasteiger partial charge >= 0.3 is 0 Å². The van der Waals surface area contributed by atoms with Gasteiger partial charge in [-0.2, -0.15) is 0 Å². The van der Waals surface area contributed by atoms with Crippen molar-refractivity contribution in [2.45, 2.75) is 57.5 Å². The molecule has 1 rings (SSSR count). The molecule has 0 unspecified atom stereocenters. The third-order valence-corrected chi connectivity index (χ3v) is 9.45. The van der Waals surface area contributed by atoms with Crippen molar-refractivity contribution < 1.29 is 18.8 Å². The molecule has 0 heterocycles. The van der Waals surface area contributed by atoms with Crippen molar-refractivity contribution in [2.24, 2.45) is 5.73 Å². The third kappa shape index (κ3) is 6.23. The molecule has 26 heavy (non-hydrogen) atoms. The van der Waals surface area contributed by atoms with E-state index in [0.717, 1.165) is 0 Å². The van der Waals surface area contributed by atoms with Crippen LogP contribution in [0.5, 0.6) is 0 Å². The molecule has 2 amide bonds. The molecular weight excluding hydrogens is 348 g/mol. The maximum absolute atomic E-state index is 12.5. The molecule has 0 spiro atoms. The largest absolute Gasteiger partial charge is 0.417 e. The predicted octanol–water partition coefficient (Wildman–Crippen LogP) is 2.76. The fourth-order valence-electron chi connectivity index (χ4n) is 2.20. The number of benzene rings is 1. The predicted molar refractivity (Wildman–Crippen MR) is 105 cm³/mol. The molecule has 0 fully saturated rings. The van der Waals surface area contributed by atoms with Gasteiger partial charge in [-0.3, -0.25) is 9.59 Å². The Kier molecular flexibility index (Phi) is 7.99. The number of amides is 2. The second kappa shape index (κ2) is 9.30. The lowest BCUT2D eigenvalue weighted by atomic mass is 10.1. The number of primary amides is 1. The Morgan fingerprint density at radius 1 is 1.19 bits per heavy atom. The zero-order valence-electron chi connectivity index (χ0n) is 16.7. The summed E-state index contributed by atoms with van der Waals surface area (Å²) in [6.07, 6.45) is -0.460. The van der Waals surface area contributed by atoms with E-state index >= 15 is 0 Å². The zero-order valence-corrected chi connectivity index (χ0v) is 17.7. The van der Waals surface area contributed by atoms with Crippen LogP contribution in [-0.4, -0.2) is 39.9 Å². The minimum absolute atomic E-state index is 0.0763. The summed E-state index contributed by atoms with van der Waals surface area (Å²) in [7, 11) is -0.462. The van der Waals surface area contributed by atoms with Gasteiger partial charge < -0.3 is 20.2 Å². The minimum Gasteiger partial charge on any atom is -0.417 e. The molecule has 0 aromatic heterocycles. The molecule has 3 N–H and O–H groups in total. The number of nitrogens with one attached hydrogen (secondary N) is 1. The highest BCUT2D eigenvalue weighted by Crippen LogP contribution is 2.36. The van der Waals surface area contributed by atoms with Crippen LogP contribution in [-0.2, 0) is 18.8 Å². The first-order valence-corrected chi connectivity index (χ1v) is 11.7. The van der Waals surface area contributed by atoms with Crippen LogP contribution in [0.25, 0.3) is 0 Å². The fourth-order valence-corrected chi connectivity index (χ4v) is 3.26. The van der Waals surface area contributed by atoms with Crippen molar-refractivity contribution in [2.75, 3.05) is 13.7 Å². The van der Waals surface area contributed by atoms with Crippen LogP contribution < -0.4 is 11.1 Å². The van der Waals surface area contributed by atoms with Crippen molar-refractivity contribution in [1.82, 2.24) is 5.32 Å². The van der Waals surface area contributed by atoms with E-state index in [1.165, 1.54) is 7.11 Å². The van der Waals surface area contributed by atoms with Gasteiger partial charge in [0.1, 0.15) is 6.04 Å². The fraction of sp³-hybridized carbons (Fsp3) is 0.579. The van der Waals surface area contributed by atoms with Gasteiger partial charge in [0.2, 0.25) is 5.91 Å². The van der Waals surface area contributed by atoms with Gasteiger partial charge in [0, 0.05) is 13.7 Å². The molecule has 0 bridgehead atoms.